The first-order chi connectivity index (χ1) is 11.3. The minimum Gasteiger partial charge on any atom is -0.492 e. The molecule has 0 unspecified atom stereocenters. The number of fused-ring (bicyclic) bond motifs is 1. The fourth-order valence-electron chi connectivity index (χ4n) is 3.11. The first kappa shape index (κ1) is 16.2. The van der Waals surface area contributed by atoms with Crippen molar-refractivity contribution in [3.63, 3.8) is 0 Å². The van der Waals surface area contributed by atoms with E-state index in [0.29, 0.717) is 26.4 Å². The minimum atomic E-state index is -0.0724. The van der Waals surface area contributed by atoms with E-state index in [1.165, 1.54) is 0 Å². The van der Waals surface area contributed by atoms with E-state index in [1.807, 2.05) is 24.3 Å². The molecule has 1 aromatic carbocycles. The highest BCUT2D eigenvalue weighted by molar-refractivity contribution is 5.78. The number of hydrogen-bond donors (Lipinski definition) is 1. The van der Waals surface area contributed by atoms with Crippen LogP contribution >= 0.6 is 0 Å². The smallest absolute Gasteiger partial charge is 0.234 e. The summed E-state index contributed by atoms with van der Waals surface area (Å²) in [4.78, 5) is 14.5. The summed E-state index contributed by atoms with van der Waals surface area (Å²) >= 11 is 0. The number of benzene rings is 1. The number of hydrogen-bond acceptors (Lipinski definition) is 5. The van der Waals surface area contributed by atoms with Crippen molar-refractivity contribution in [1.29, 1.82) is 0 Å². The highest BCUT2D eigenvalue weighted by Crippen LogP contribution is 2.22. The molecular weight excluding hydrogens is 296 g/mol. The predicted octanol–water partition coefficient (Wildman–Crippen LogP) is 0.801. The second-order valence-electron chi connectivity index (χ2n) is 5.98. The number of carbonyl (C=O) groups excluding carboxylic acids is 1. The molecule has 1 amide bonds. The zero-order chi connectivity index (χ0) is 16.1. The van der Waals surface area contributed by atoms with Crippen LogP contribution in [-0.4, -0.2) is 63.0 Å². The van der Waals surface area contributed by atoms with Crippen LogP contribution in [0, 0.1) is 0 Å². The quantitative estimate of drug-likeness (QED) is 0.889. The average molecular weight is 320 g/mol. The van der Waals surface area contributed by atoms with Crippen LogP contribution in [-0.2, 0) is 20.8 Å². The number of nitrogens with one attached hydrogen (secondary N) is 1. The van der Waals surface area contributed by atoms with Crippen molar-refractivity contribution in [3.8, 4) is 5.75 Å². The van der Waals surface area contributed by atoms with Gasteiger partial charge in [0.2, 0.25) is 5.91 Å². The fraction of sp³-hybridized carbons (Fsp3) is 0.588. The third-order valence-electron chi connectivity index (χ3n) is 4.34. The maximum Gasteiger partial charge on any atom is 0.234 e. The van der Waals surface area contributed by atoms with Gasteiger partial charge in [-0.3, -0.25) is 9.69 Å². The summed E-state index contributed by atoms with van der Waals surface area (Å²) in [7, 11) is 1.68. The van der Waals surface area contributed by atoms with Gasteiger partial charge in [-0.2, -0.15) is 0 Å². The molecule has 2 heterocycles. The Morgan fingerprint density at radius 3 is 3.13 bits per heavy atom. The van der Waals surface area contributed by atoms with E-state index >= 15 is 0 Å². The summed E-state index contributed by atoms with van der Waals surface area (Å²) in [5.74, 6) is 0.914. The van der Waals surface area contributed by atoms with Crippen LogP contribution in [0.4, 0.5) is 0 Å². The number of ether oxygens (including phenoxy) is 3. The second kappa shape index (κ2) is 7.77. The van der Waals surface area contributed by atoms with Crippen LogP contribution in [0.15, 0.2) is 24.3 Å². The third kappa shape index (κ3) is 4.22. The number of para-hydroxylation sites is 1. The number of nitrogens with zero attached hydrogens (tertiary/aromatic N) is 1. The van der Waals surface area contributed by atoms with Crippen LogP contribution in [0.2, 0.25) is 0 Å². The SMILES string of the molecule is CO[C@@H]1CCOC[C@H]1NC(=O)CN1CCOc2ccccc2C1. The molecule has 0 saturated carbocycles. The summed E-state index contributed by atoms with van der Waals surface area (Å²) in [6.45, 7) is 3.60. The molecule has 6 nitrogen and oxygen atoms in total. The van der Waals surface area contributed by atoms with Crippen LogP contribution in [0.3, 0.4) is 0 Å². The highest BCUT2D eigenvalue weighted by atomic mass is 16.5. The lowest BCUT2D eigenvalue weighted by Crippen LogP contribution is -2.52. The van der Waals surface area contributed by atoms with Crippen molar-refractivity contribution in [1.82, 2.24) is 10.2 Å². The lowest BCUT2D eigenvalue weighted by molar-refractivity contribution is -0.126. The topological polar surface area (TPSA) is 60.0 Å². The van der Waals surface area contributed by atoms with E-state index in [0.717, 1.165) is 30.8 Å². The maximum absolute atomic E-state index is 12.4. The van der Waals surface area contributed by atoms with E-state index in [1.54, 1.807) is 7.11 Å². The summed E-state index contributed by atoms with van der Waals surface area (Å²) in [5.41, 5.74) is 1.12. The molecule has 0 radical (unpaired) electrons. The van der Waals surface area contributed by atoms with Crippen LogP contribution in [0.5, 0.6) is 5.75 Å². The van der Waals surface area contributed by atoms with Gasteiger partial charge in [-0.05, 0) is 12.5 Å². The minimum absolute atomic E-state index is 0.00179. The highest BCUT2D eigenvalue weighted by Gasteiger charge is 2.27. The van der Waals surface area contributed by atoms with Gasteiger partial charge in [-0.1, -0.05) is 18.2 Å². The van der Waals surface area contributed by atoms with Crippen molar-refractivity contribution in [2.45, 2.75) is 25.1 Å². The van der Waals surface area contributed by atoms with E-state index < -0.39 is 0 Å². The fourth-order valence-corrected chi connectivity index (χ4v) is 3.11. The zero-order valence-electron chi connectivity index (χ0n) is 13.5. The van der Waals surface area contributed by atoms with Gasteiger partial charge in [0, 0.05) is 32.4 Å². The normalized spacial score (nSPS) is 25.1. The largest absolute Gasteiger partial charge is 0.492 e. The molecule has 0 aliphatic carbocycles. The van der Waals surface area contributed by atoms with Gasteiger partial charge in [-0.25, -0.2) is 0 Å². The summed E-state index contributed by atoms with van der Waals surface area (Å²) < 4.78 is 16.6. The van der Waals surface area contributed by atoms with Gasteiger partial charge in [0.1, 0.15) is 12.4 Å². The van der Waals surface area contributed by atoms with Crippen LogP contribution < -0.4 is 10.1 Å². The molecular formula is C17H24N2O4. The lowest BCUT2D eigenvalue weighted by Gasteiger charge is -2.31. The Bertz CT molecular complexity index is 537. The average Bonchev–Trinajstić information content (AvgIpc) is 2.76. The van der Waals surface area contributed by atoms with Crippen molar-refractivity contribution in [3.05, 3.63) is 29.8 Å². The summed E-state index contributed by atoms with van der Waals surface area (Å²) in [6.07, 6.45) is 0.840. The Labute approximate surface area is 136 Å². The molecule has 1 N–H and O–H groups in total. The van der Waals surface area contributed by atoms with Gasteiger partial charge < -0.3 is 19.5 Å². The Balaban J connectivity index is 1.55. The third-order valence-corrected chi connectivity index (χ3v) is 4.34. The Morgan fingerprint density at radius 2 is 2.26 bits per heavy atom. The molecule has 0 bridgehead atoms. The van der Waals surface area contributed by atoms with Crippen LogP contribution in [0.25, 0.3) is 0 Å². The molecule has 1 saturated heterocycles. The van der Waals surface area contributed by atoms with E-state index in [9.17, 15) is 4.79 Å². The molecule has 1 fully saturated rings. The van der Waals surface area contributed by atoms with E-state index in [4.69, 9.17) is 14.2 Å². The number of amides is 1. The van der Waals surface area contributed by atoms with Crippen molar-refractivity contribution >= 4 is 5.91 Å². The van der Waals surface area contributed by atoms with Gasteiger partial charge >= 0.3 is 0 Å². The number of rotatable bonds is 4. The zero-order valence-corrected chi connectivity index (χ0v) is 13.5. The molecule has 2 aliphatic rings. The molecule has 3 rings (SSSR count). The molecule has 0 spiro atoms. The van der Waals surface area contributed by atoms with Gasteiger partial charge in [0.25, 0.3) is 0 Å². The van der Waals surface area contributed by atoms with Gasteiger partial charge in [0.05, 0.1) is 25.3 Å². The summed E-state index contributed by atoms with van der Waals surface area (Å²) in [5, 5.41) is 3.04. The molecule has 126 valence electrons. The molecule has 2 atom stereocenters. The van der Waals surface area contributed by atoms with Crippen LogP contribution in [0.1, 0.15) is 12.0 Å². The van der Waals surface area contributed by atoms with Gasteiger partial charge in [-0.15, -0.1) is 0 Å². The second-order valence-corrected chi connectivity index (χ2v) is 5.98. The Morgan fingerprint density at radius 1 is 1.39 bits per heavy atom. The first-order valence-corrected chi connectivity index (χ1v) is 8.09. The van der Waals surface area contributed by atoms with Crippen molar-refractivity contribution < 1.29 is 19.0 Å². The maximum atomic E-state index is 12.4. The summed E-state index contributed by atoms with van der Waals surface area (Å²) in [6, 6.07) is 7.91. The standard InChI is InChI=1S/C17H24N2O4/c1-21-16-6-8-22-12-14(16)18-17(20)11-19-7-9-23-15-5-3-2-4-13(15)10-19/h2-5,14,16H,6-12H2,1H3,(H,18,20)/t14-,16-/m1/s1. The molecule has 0 aromatic heterocycles. The first-order valence-electron chi connectivity index (χ1n) is 8.09. The Kier molecular flexibility index (Phi) is 5.48. The number of carbonyl (C=O) groups is 1. The lowest BCUT2D eigenvalue weighted by atomic mass is 10.1. The van der Waals surface area contributed by atoms with Crippen molar-refractivity contribution in [2.24, 2.45) is 0 Å². The molecule has 6 heteroatoms. The Hall–Kier alpha value is -1.63. The predicted molar refractivity (Wildman–Crippen MR) is 85.4 cm³/mol. The van der Waals surface area contributed by atoms with Crippen molar-refractivity contribution in [2.75, 3.05) is 40.0 Å². The molecule has 1 aromatic rings. The number of methoxy groups -OCH3 is 1. The van der Waals surface area contributed by atoms with E-state index in [-0.39, 0.29) is 18.1 Å². The monoisotopic (exact) mass is 320 g/mol. The van der Waals surface area contributed by atoms with E-state index in [2.05, 4.69) is 10.2 Å². The molecule has 23 heavy (non-hydrogen) atoms. The molecule has 2 aliphatic heterocycles. The van der Waals surface area contributed by atoms with Gasteiger partial charge in [0.15, 0.2) is 0 Å².